The van der Waals surface area contributed by atoms with Crippen molar-refractivity contribution in [3.63, 3.8) is 0 Å². The normalized spacial score (nSPS) is 17.2. The molecule has 32 heavy (non-hydrogen) atoms. The second kappa shape index (κ2) is 9.02. The van der Waals surface area contributed by atoms with Gasteiger partial charge in [-0.3, -0.25) is 4.98 Å². The maximum atomic E-state index is 12.4. The quantitative estimate of drug-likeness (QED) is 0.702. The maximum absolute atomic E-state index is 12.4. The Balaban J connectivity index is 2.21. The molecule has 174 valence electrons. The van der Waals surface area contributed by atoms with E-state index in [1.54, 1.807) is 25.7 Å². The predicted molar refractivity (Wildman–Crippen MR) is 123 cm³/mol. The first-order chi connectivity index (χ1) is 14.9. The number of carboxylic acid groups (broad SMARTS) is 1. The highest BCUT2D eigenvalue weighted by Crippen LogP contribution is 2.42. The van der Waals surface area contributed by atoms with E-state index in [1.807, 2.05) is 27.7 Å². The Morgan fingerprint density at radius 3 is 2.22 bits per heavy atom. The van der Waals surface area contributed by atoms with Crippen molar-refractivity contribution in [1.82, 2.24) is 15.0 Å². The summed E-state index contributed by atoms with van der Waals surface area (Å²) in [6, 6.07) is 0. The Kier molecular flexibility index (Phi) is 6.74. The molecule has 0 aliphatic carbocycles. The minimum atomic E-state index is -1.16. The molecule has 3 heterocycles. The van der Waals surface area contributed by atoms with Gasteiger partial charge in [0.2, 0.25) is 0 Å². The fraction of sp³-hybridized carbons (Fsp3) is 0.583. The van der Waals surface area contributed by atoms with Crippen LogP contribution >= 0.6 is 0 Å². The Morgan fingerprint density at radius 2 is 1.72 bits per heavy atom. The van der Waals surface area contributed by atoms with Gasteiger partial charge in [0.05, 0.1) is 36.4 Å². The molecule has 0 spiro atoms. The second-order valence-electron chi connectivity index (χ2n) is 10.1. The summed E-state index contributed by atoms with van der Waals surface area (Å²) >= 11 is 0. The Labute approximate surface area is 190 Å². The monoisotopic (exact) mass is 442 g/mol. The number of anilines is 1. The lowest BCUT2D eigenvalue weighted by molar-refractivity contribution is -0.160. The van der Waals surface area contributed by atoms with Crippen LogP contribution in [-0.2, 0) is 9.53 Å². The molecule has 1 N–H and O–H groups in total. The fourth-order valence-electron chi connectivity index (χ4n) is 3.91. The van der Waals surface area contributed by atoms with Crippen molar-refractivity contribution in [2.75, 3.05) is 25.1 Å². The number of carboxylic acids is 1. The van der Waals surface area contributed by atoms with Gasteiger partial charge in [-0.05, 0) is 46.0 Å². The first-order valence-corrected chi connectivity index (χ1v) is 10.9. The second-order valence-corrected chi connectivity index (χ2v) is 10.1. The molecule has 8 heteroatoms. The van der Waals surface area contributed by atoms with Crippen LogP contribution < -0.4 is 9.64 Å². The summed E-state index contributed by atoms with van der Waals surface area (Å²) in [5, 5.41) is 10.1. The summed E-state index contributed by atoms with van der Waals surface area (Å²) < 4.78 is 11.2. The van der Waals surface area contributed by atoms with Gasteiger partial charge < -0.3 is 19.5 Å². The van der Waals surface area contributed by atoms with Gasteiger partial charge in [-0.1, -0.05) is 13.8 Å². The van der Waals surface area contributed by atoms with Gasteiger partial charge in [0.25, 0.3) is 0 Å². The molecule has 1 fully saturated rings. The minimum Gasteiger partial charge on any atom is -0.494 e. The molecule has 2 aromatic heterocycles. The number of aryl methyl sites for hydroxylation is 1. The zero-order chi connectivity index (χ0) is 23.7. The van der Waals surface area contributed by atoms with Crippen LogP contribution in [0.15, 0.2) is 18.6 Å². The molecule has 0 bridgehead atoms. The number of hydrogen-bond acceptors (Lipinski definition) is 7. The highest BCUT2D eigenvalue weighted by Gasteiger charge is 2.36. The van der Waals surface area contributed by atoms with Gasteiger partial charge in [0.1, 0.15) is 0 Å². The highest BCUT2D eigenvalue weighted by atomic mass is 16.5. The Morgan fingerprint density at radius 1 is 1.12 bits per heavy atom. The number of nitrogens with zero attached hydrogens (tertiary/aromatic N) is 4. The number of piperidine rings is 1. The summed E-state index contributed by atoms with van der Waals surface area (Å²) in [5.74, 6) is -0.0229. The maximum Gasteiger partial charge on any atom is 0.337 e. The molecule has 3 rings (SSSR count). The van der Waals surface area contributed by atoms with E-state index in [0.717, 1.165) is 31.6 Å². The number of hydrogen-bond donors (Lipinski definition) is 1. The van der Waals surface area contributed by atoms with Crippen LogP contribution in [0.5, 0.6) is 5.75 Å². The van der Waals surface area contributed by atoms with E-state index in [0.29, 0.717) is 28.4 Å². The third kappa shape index (κ3) is 5.35. The number of aromatic nitrogens is 3. The molecule has 2 aromatic rings. The van der Waals surface area contributed by atoms with Crippen molar-refractivity contribution >= 4 is 11.7 Å². The summed E-state index contributed by atoms with van der Waals surface area (Å²) in [5.41, 5.74) is 2.25. The SMILES string of the molecule is COc1cnc(-c2cnc(C)c([C@H](OC(C)(C)C)C(=O)O)c2N2CCC(C)(C)CC2)nc1. The van der Waals surface area contributed by atoms with Gasteiger partial charge >= 0.3 is 5.97 Å². The van der Waals surface area contributed by atoms with Crippen molar-refractivity contribution < 1.29 is 19.4 Å². The number of carbonyl (C=O) groups is 1. The van der Waals surface area contributed by atoms with Gasteiger partial charge in [0, 0.05) is 30.5 Å². The molecule has 0 amide bonds. The van der Waals surface area contributed by atoms with Crippen LogP contribution in [-0.4, -0.2) is 51.8 Å². The molecule has 8 nitrogen and oxygen atoms in total. The number of ether oxygens (including phenoxy) is 2. The van der Waals surface area contributed by atoms with E-state index in [2.05, 4.69) is 33.7 Å². The molecule has 1 atom stereocenters. The molecule has 0 saturated carbocycles. The Hall–Kier alpha value is -2.74. The summed E-state index contributed by atoms with van der Waals surface area (Å²) in [7, 11) is 1.56. The van der Waals surface area contributed by atoms with Crippen LogP contribution in [0.25, 0.3) is 11.4 Å². The topological polar surface area (TPSA) is 97.7 Å². The van der Waals surface area contributed by atoms with Crippen LogP contribution in [0.4, 0.5) is 5.69 Å². The lowest BCUT2D eigenvalue weighted by Crippen LogP contribution is -2.39. The molecular formula is C24H34N4O4. The lowest BCUT2D eigenvalue weighted by Gasteiger charge is -2.40. The van der Waals surface area contributed by atoms with E-state index >= 15 is 0 Å². The van der Waals surface area contributed by atoms with Crippen molar-refractivity contribution in [2.24, 2.45) is 5.41 Å². The fourth-order valence-corrected chi connectivity index (χ4v) is 3.91. The molecule has 1 aliphatic rings. The smallest absolute Gasteiger partial charge is 0.337 e. The molecule has 0 radical (unpaired) electrons. The van der Waals surface area contributed by atoms with Gasteiger partial charge in [-0.2, -0.15) is 0 Å². The third-order valence-electron chi connectivity index (χ3n) is 5.78. The van der Waals surface area contributed by atoms with Gasteiger partial charge in [-0.15, -0.1) is 0 Å². The number of aliphatic carboxylic acids is 1. The first-order valence-electron chi connectivity index (χ1n) is 10.9. The zero-order valence-corrected chi connectivity index (χ0v) is 20.1. The highest BCUT2D eigenvalue weighted by molar-refractivity contribution is 5.84. The van der Waals surface area contributed by atoms with Crippen molar-refractivity contribution in [3.8, 4) is 17.1 Å². The largest absolute Gasteiger partial charge is 0.494 e. The molecule has 0 unspecified atom stereocenters. The molecule has 1 saturated heterocycles. The van der Waals surface area contributed by atoms with Crippen LogP contribution in [0.1, 0.15) is 64.8 Å². The van der Waals surface area contributed by atoms with Crippen LogP contribution in [0.2, 0.25) is 0 Å². The van der Waals surface area contributed by atoms with E-state index in [4.69, 9.17) is 9.47 Å². The molecule has 0 aromatic carbocycles. The number of rotatable bonds is 6. The van der Waals surface area contributed by atoms with E-state index in [9.17, 15) is 9.90 Å². The minimum absolute atomic E-state index is 0.240. The third-order valence-corrected chi connectivity index (χ3v) is 5.78. The summed E-state index contributed by atoms with van der Waals surface area (Å²) in [4.78, 5) is 28.1. The predicted octanol–water partition coefficient (Wildman–Crippen LogP) is 4.42. The van der Waals surface area contributed by atoms with Crippen LogP contribution in [0.3, 0.4) is 0 Å². The van der Waals surface area contributed by atoms with E-state index < -0.39 is 17.7 Å². The lowest BCUT2D eigenvalue weighted by atomic mass is 9.82. The standard InChI is InChI=1S/C24H34N4O4/c1-15-18(20(22(29)30)32-23(2,3)4)19(28-10-8-24(5,6)9-11-28)17(14-25-15)21-26-12-16(31-7)13-27-21/h12-14,20H,8-11H2,1-7H3,(H,29,30)/t20-/m0/s1. The zero-order valence-electron chi connectivity index (χ0n) is 20.1. The number of methoxy groups -OCH3 is 1. The average molecular weight is 443 g/mol. The molecule has 1 aliphatic heterocycles. The number of pyridine rings is 1. The summed E-state index contributed by atoms with van der Waals surface area (Å²) in [6.45, 7) is 13.5. The van der Waals surface area contributed by atoms with Crippen LogP contribution in [0, 0.1) is 12.3 Å². The van der Waals surface area contributed by atoms with E-state index in [1.165, 1.54) is 0 Å². The van der Waals surface area contributed by atoms with Gasteiger partial charge in [0.15, 0.2) is 17.7 Å². The first kappa shape index (κ1) is 23.9. The van der Waals surface area contributed by atoms with Crippen molar-refractivity contribution in [3.05, 3.63) is 29.8 Å². The molecular weight excluding hydrogens is 408 g/mol. The average Bonchev–Trinajstić information content (AvgIpc) is 2.71. The Bertz CT molecular complexity index is 957. The van der Waals surface area contributed by atoms with Crippen molar-refractivity contribution in [1.29, 1.82) is 0 Å². The van der Waals surface area contributed by atoms with Gasteiger partial charge in [-0.25, -0.2) is 14.8 Å². The van der Waals surface area contributed by atoms with Crippen molar-refractivity contribution in [2.45, 2.75) is 66.1 Å². The summed E-state index contributed by atoms with van der Waals surface area (Å²) in [6.07, 6.45) is 5.76. The van der Waals surface area contributed by atoms with E-state index in [-0.39, 0.29) is 5.41 Å².